The zero-order valence-electron chi connectivity index (χ0n) is 14.6. The minimum Gasteiger partial charge on any atom is -0.338 e. The van der Waals surface area contributed by atoms with E-state index in [0.717, 1.165) is 13.1 Å². The molecule has 0 radical (unpaired) electrons. The average Bonchev–Trinajstić information content (AvgIpc) is 3.01. The van der Waals surface area contributed by atoms with Gasteiger partial charge in [0.1, 0.15) is 0 Å². The molecular formula is C14H26N6O3S. The third-order valence-corrected chi connectivity index (χ3v) is 6.87. The molecule has 10 heteroatoms. The van der Waals surface area contributed by atoms with Crippen molar-refractivity contribution in [1.29, 1.82) is 0 Å². The van der Waals surface area contributed by atoms with E-state index >= 15 is 0 Å². The number of aromatic nitrogens is 2. The van der Waals surface area contributed by atoms with Crippen molar-refractivity contribution in [3.05, 3.63) is 11.7 Å². The number of hydrogen-bond acceptors (Lipinski definition) is 7. The third-order valence-electron chi connectivity index (χ3n) is 4.84. The van der Waals surface area contributed by atoms with E-state index in [1.54, 1.807) is 15.5 Å². The standard InChI is InChI=1S/C14H26N6O3S/c1-12(14-15-13(2)16-23-14)18-6-10-20(11-7-18)24(21,22)19-8-4-17(3)5-9-19/h12H,4-11H2,1-3H3. The summed E-state index contributed by atoms with van der Waals surface area (Å²) in [4.78, 5) is 8.60. The van der Waals surface area contributed by atoms with E-state index in [1.165, 1.54) is 0 Å². The van der Waals surface area contributed by atoms with Crippen LogP contribution in [-0.2, 0) is 10.2 Å². The molecule has 136 valence electrons. The number of hydrogen-bond donors (Lipinski definition) is 0. The van der Waals surface area contributed by atoms with E-state index in [2.05, 4.69) is 19.9 Å². The first-order chi connectivity index (χ1) is 11.4. The Morgan fingerprint density at radius 2 is 1.54 bits per heavy atom. The molecule has 0 N–H and O–H groups in total. The molecule has 0 aliphatic carbocycles. The second-order valence-electron chi connectivity index (χ2n) is 6.50. The third kappa shape index (κ3) is 3.62. The largest absolute Gasteiger partial charge is 0.338 e. The molecule has 0 aromatic carbocycles. The molecular weight excluding hydrogens is 332 g/mol. The van der Waals surface area contributed by atoms with Gasteiger partial charge < -0.3 is 9.42 Å². The first-order valence-electron chi connectivity index (χ1n) is 8.36. The van der Waals surface area contributed by atoms with Gasteiger partial charge >= 0.3 is 0 Å². The predicted octanol–water partition coefficient (Wildman–Crippen LogP) is -0.451. The molecule has 2 fully saturated rings. The minimum absolute atomic E-state index is 0.000287. The minimum atomic E-state index is -3.36. The number of rotatable bonds is 4. The van der Waals surface area contributed by atoms with E-state index in [4.69, 9.17) is 4.52 Å². The van der Waals surface area contributed by atoms with Crippen LogP contribution in [0.25, 0.3) is 0 Å². The van der Waals surface area contributed by atoms with Crippen LogP contribution in [0.1, 0.15) is 24.7 Å². The van der Waals surface area contributed by atoms with Gasteiger partial charge in [-0.3, -0.25) is 4.90 Å². The second-order valence-corrected chi connectivity index (χ2v) is 8.43. The molecule has 0 bridgehead atoms. The molecule has 0 amide bonds. The summed E-state index contributed by atoms with van der Waals surface area (Å²) in [6.07, 6.45) is 0. The normalized spacial score (nSPS) is 24.3. The molecule has 9 nitrogen and oxygen atoms in total. The van der Waals surface area contributed by atoms with Crippen LogP contribution in [0.2, 0.25) is 0 Å². The van der Waals surface area contributed by atoms with Crippen molar-refractivity contribution in [3.8, 4) is 0 Å². The van der Waals surface area contributed by atoms with Crippen LogP contribution < -0.4 is 0 Å². The van der Waals surface area contributed by atoms with Crippen LogP contribution in [-0.4, -0.2) is 96.4 Å². The highest BCUT2D eigenvalue weighted by Crippen LogP contribution is 2.22. The van der Waals surface area contributed by atoms with Gasteiger partial charge in [0.15, 0.2) is 5.82 Å². The lowest BCUT2D eigenvalue weighted by Gasteiger charge is -2.40. The summed E-state index contributed by atoms with van der Waals surface area (Å²) in [5.74, 6) is 1.20. The highest BCUT2D eigenvalue weighted by atomic mass is 32.2. The first kappa shape index (κ1) is 17.7. The number of aryl methyl sites for hydroxylation is 1. The van der Waals surface area contributed by atoms with Crippen LogP contribution in [0.15, 0.2) is 4.52 Å². The molecule has 0 saturated carbocycles. The maximum absolute atomic E-state index is 12.8. The molecule has 1 unspecified atom stereocenters. The summed E-state index contributed by atoms with van der Waals surface area (Å²) in [6, 6.07) is -0.000287. The molecule has 2 saturated heterocycles. The number of piperazine rings is 2. The summed E-state index contributed by atoms with van der Waals surface area (Å²) in [7, 11) is -1.34. The molecule has 3 rings (SSSR count). The lowest BCUT2D eigenvalue weighted by atomic mass is 10.2. The van der Waals surface area contributed by atoms with Gasteiger partial charge in [-0.15, -0.1) is 0 Å². The van der Waals surface area contributed by atoms with E-state index in [9.17, 15) is 8.42 Å². The highest BCUT2D eigenvalue weighted by molar-refractivity contribution is 7.86. The van der Waals surface area contributed by atoms with E-state index in [-0.39, 0.29) is 6.04 Å². The van der Waals surface area contributed by atoms with Crippen LogP contribution in [0.4, 0.5) is 0 Å². The van der Waals surface area contributed by atoms with Gasteiger partial charge in [-0.1, -0.05) is 5.16 Å². The summed E-state index contributed by atoms with van der Waals surface area (Å²) >= 11 is 0. The van der Waals surface area contributed by atoms with Crippen molar-refractivity contribution in [3.63, 3.8) is 0 Å². The summed E-state index contributed by atoms with van der Waals surface area (Å²) < 4.78 is 34.0. The number of nitrogens with zero attached hydrogens (tertiary/aromatic N) is 6. The molecule has 2 aliphatic rings. The molecule has 1 aromatic rings. The highest BCUT2D eigenvalue weighted by Gasteiger charge is 2.35. The Balaban J connectivity index is 1.58. The van der Waals surface area contributed by atoms with Crippen LogP contribution in [0.5, 0.6) is 0 Å². The lowest BCUT2D eigenvalue weighted by molar-refractivity contribution is 0.118. The van der Waals surface area contributed by atoms with Gasteiger partial charge in [0.25, 0.3) is 10.2 Å². The van der Waals surface area contributed by atoms with Crippen LogP contribution >= 0.6 is 0 Å². The maximum Gasteiger partial charge on any atom is 0.282 e. The molecule has 2 aliphatic heterocycles. The van der Waals surface area contributed by atoms with E-state index in [1.807, 2.05) is 14.0 Å². The van der Waals surface area contributed by atoms with Gasteiger partial charge in [0.05, 0.1) is 6.04 Å². The Labute approximate surface area is 143 Å². The second kappa shape index (κ2) is 7.04. The molecule has 0 spiro atoms. The Morgan fingerprint density at radius 1 is 1.00 bits per heavy atom. The SMILES string of the molecule is Cc1noc(C(C)N2CCN(S(=O)(=O)N3CCN(C)CC3)CC2)n1. The molecule has 24 heavy (non-hydrogen) atoms. The van der Waals surface area contributed by atoms with Gasteiger partial charge in [0.2, 0.25) is 5.89 Å². The van der Waals surface area contributed by atoms with Crippen molar-refractivity contribution < 1.29 is 12.9 Å². The topological polar surface area (TPSA) is 86.0 Å². The fraction of sp³-hybridized carbons (Fsp3) is 0.857. The average molecular weight is 358 g/mol. The van der Waals surface area contributed by atoms with Gasteiger partial charge in [-0.2, -0.15) is 22.0 Å². The molecule has 1 atom stereocenters. The monoisotopic (exact) mass is 358 g/mol. The summed E-state index contributed by atoms with van der Waals surface area (Å²) in [5.41, 5.74) is 0. The van der Waals surface area contributed by atoms with E-state index in [0.29, 0.717) is 51.0 Å². The molecule has 3 heterocycles. The van der Waals surface area contributed by atoms with Crippen molar-refractivity contribution in [2.45, 2.75) is 19.9 Å². The van der Waals surface area contributed by atoms with Crippen molar-refractivity contribution >= 4 is 10.2 Å². The van der Waals surface area contributed by atoms with Crippen molar-refractivity contribution in [1.82, 2.24) is 28.6 Å². The van der Waals surface area contributed by atoms with Gasteiger partial charge in [-0.25, -0.2) is 0 Å². The van der Waals surface area contributed by atoms with Gasteiger partial charge in [-0.05, 0) is 20.9 Å². The predicted molar refractivity (Wildman–Crippen MR) is 88.6 cm³/mol. The van der Waals surface area contributed by atoms with Crippen LogP contribution in [0, 0.1) is 6.92 Å². The lowest BCUT2D eigenvalue weighted by Crippen LogP contribution is -2.56. The first-order valence-corrected chi connectivity index (χ1v) is 9.75. The fourth-order valence-corrected chi connectivity index (χ4v) is 4.72. The Morgan fingerprint density at radius 3 is 2.04 bits per heavy atom. The Kier molecular flexibility index (Phi) is 5.21. The Hall–Kier alpha value is -1.07. The van der Waals surface area contributed by atoms with Crippen molar-refractivity contribution in [2.24, 2.45) is 0 Å². The molecule has 1 aromatic heterocycles. The Bertz CT molecular complexity index is 647. The number of likely N-dealkylation sites (N-methyl/N-ethyl adjacent to an activating group) is 1. The van der Waals surface area contributed by atoms with Crippen LogP contribution in [0.3, 0.4) is 0 Å². The smallest absolute Gasteiger partial charge is 0.282 e. The summed E-state index contributed by atoms with van der Waals surface area (Å²) in [5, 5.41) is 3.82. The fourth-order valence-electron chi connectivity index (χ4n) is 3.14. The zero-order chi connectivity index (χ0) is 17.3. The maximum atomic E-state index is 12.8. The van der Waals surface area contributed by atoms with E-state index < -0.39 is 10.2 Å². The quantitative estimate of drug-likeness (QED) is 0.720. The summed E-state index contributed by atoms with van der Waals surface area (Å²) in [6.45, 7) is 8.81. The zero-order valence-corrected chi connectivity index (χ0v) is 15.4. The van der Waals surface area contributed by atoms with Gasteiger partial charge in [0, 0.05) is 52.4 Å². The van der Waals surface area contributed by atoms with Crippen molar-refractivity contribution in [2.75, 3.05) is 59.4 Å².